The Morgan fingerprint density at radius 1 is 1.25 bits per heavy atom. The topological polar surface area (TPSA) is 46.2 Å². The first-order valence-corrected chi connectivity index (χ1v) is 7.84. The van der Waals surface area contributed by atoms with Crippen LogP contribution in [0.15, 0.2) is 34.1 Å². The first-order valence-electron chi connectivity index (χ1n) is 5.20. The van der Waals surface area contributed by atoms with Gasteiger partial charge in [-0.25, -0.2) is 8.42 Å². The molecule has 0 saturated heterocycles. The predicted molar refractivity (Wildman–Crippen MR) is 68.8 cm³/mol. The summed E-state index contributed by atoms with van der Waals surface area (Å²) >= 11 is 1.71. The van der Waals surface area contributed by atoms with Gasteiger partial charge in [0, 0.05) is 11.4 Å². The molecular weight excluding hydrogens is 242 g/mol. The average molecular weight is 259 g/mol. The fourth-order valence-corrected chi connectivity index (χ4v) is 3.19. The molecule has 0 amide bonds. The molecule has 0 aliphatic carbocycles. The van der Waals surface area contributed by atoms with Gasteiger partial charge in [-0.1, -0.05) is 6.92 Å². The molecule has 5 heteroatoms. The van der Waals surface area contributed by atoms with Crippen molar-refractivity contribution in [2.45, 2.75) is 16.7 Å². The highest BCUT2D eigenvalue weighted by Gasteiger charge is 2.12. The van der Waals surface area contributed by atoms with E-state index in [4.69, 9.17) is 0 Å². The van der Waals surface area contributed by atoms with E-state index in [0.29, 0.717) is 11.4 Å². The molecule has 0 unspecified atom stereocenters. The maximum absolute atomic E-state index is 11.8. The monoisotopic (exact) mass is 259 g/mol. The van der Waals surface area contributed by atoms with Crippen molar-refractivity contribution in [1.29, 1.82) is 0 Å². The van der Waals surface area contributed by atoms with Gasteiger partial charge in [0.25, 0.3) is 0 Å². The fourth-order valence-electron chi connectivity index (χ4n) is 1.26. The van der Waals surface area contributed by atoms with Crippen LogP contribution in [0.5, 0.6) is 0 Å². The zero-order valence-corrected chi connectivity index (χ0v) is 11.2. The molecule has 90 valence electrons. The average Bonchev–Trinajstić information content (AvgIpc) is 2.28. The lowest BCUT2D eigenvalue weighted by Gasteiger charge is -2.05. The first-order chi connectivity index (χ1) is 7.60. The van der Waals surface area contributed by atoms with E-state index in [1.807, 2.05) is 12.1 Å². The molecule has 0 fully saturated rings. The quantitative estimate of drug-likeness (QED) is 0.791. The van der Waals surface area contributed by atoms with Crippen LogP contribution in [-0.2, 0) is 9.84 Å². The van der Waals surface area contributed by atoms with Crippen LogP contribution in [0.3, 0.4) is 0 Å². The van der Waals surface area contributed by atoms with Crippen LogP contribution >= 0.6 is 11.8 Å². The third-order valence-electron chi connectivity index (χ3n) is 2.11. The third-order valence-corrected chi connectivity index (χ3v) is 4.74. The number of rotatable bonds is 6. The number of sulfone groups is 1. The predicted octanol–water partition coefficient (Wildman–Crippen LogP) is 1.79. The van der Waals surface area contributed by atoms with Crippen molar-refractivity contribution in [3.63, 3.8) is 0 Å². The van der Waals surface area contributed by atoms with Gasteiger partial charge >= 0.3 is 0 Å². The molecule has 3 nitrogen and oxygen atoms in total. The zero-order chi connectivity index (χ0) is 12.0. The van der Waals surface area contributed by atoms with Crippen molar-refractivity contribution in [3.8, 4) is 0 Å². The summed E-state index contributed by atoms with van der Waals surface area (Å²) in [5.41, 5.74) is 0. The van der Waals surface area contributed by atoms with Crippen LogP contribution in [0.1, 0.15) is 6.92 Å². The van der Waals surface area contributed by atoms with Crippen LogP contribution in [0.4, 0.5) is 0 Å². The van der Waals surface area contributed by atoms with Gasteiger partial charge in [-0.3, -0.25) is 0 Å². The molecule has 0 aliphatic rings. The number of hydrogen-bond donors (Lipinski definition) is 1. The summed E-state index contributed by atoms with van der Waals surface area (Å²) in [6.07, 6.45) is 0. The summed E-state index contributed by atoms with van der Waals surface area (Å²) in [5.74, 6) is 1.13. The summed E-state index contributed by atoms with van der Waals surface area (Å²) in [7, 11) is -1.38. The Morgan fingerprint density at radius 2 is 1.88 bits per heavy atom. The van der Waals surface area contributed by atoms with E-state index < -0.39 is 9.84 Å². The molecule has 0 atom stereocenters. The van der Waals surface area contributed by atoms with E-state index in [1.54, 1.807) is 30.9 Å². The van der Waals surface area contributed by atoms with E-state index in [0.717, 1.165) is 10.6 Å². The van der Waals surface area contributed by atoms with Crippen molar-refractivity contribution in [1.82, 2.24) is 5.32 Å². The number of hydrogen-bond acceptors (Lipinski definition) is 4. The highest BCUT2D eigenvalue weighted by Crippen LogP contribution is 2.20. The minimum Gasteiger partial charge on any atom is -0.319 e. The Kier molecular flexibility index (Phi) is 5.31. The van der Waals surface area contributed by atoms with Gasteiger partial charge in [0.2, 0.25) is 0 Å². The maximum atomic E-state index is 11.8. The second-order valence-corrected chi connectivity index (χ2v) is 6.77. The highest BCUT2D eigenvalue weighted by atomic mass is 32.2. The summed E-state index contributed by atoms with van der Waals surface area (Å²) in [4.78, 5) is 1.51. The van der Waals surface area contributed by atoms with Gasteiger partial charge in [-0.2, -0.15) is 0 Å². The van der Waals surface area contributed by atoms with Gasteiger partial charge in [-0.15, -0.1) is 11.8 Å². The van der Waals surface area contributed by atoms with E-state index in [2.05, 4.69) is 12.2 Å². The van der Waals surface area contributed by atoms with Gasteiger partial charge in [0.05, 0.1) is 10.6 Å². The van der Waals surface area contributed by atoms with Crippen LogP contribution in [0.25, 0.3) is 0 Å². The smallest absolute Gasteiger partial charge is 0.179 e. The van der Waals surface area contributed by atoms with E-state index >= 15 is 0 Å². The van der Waals surface area contributed by atoms with Crippen molar-refractivity contribution in [3.05, 3.63) is 24.3 Å². The summed E-state index contributed by atoms with van der Waals surface area (Å²) < 4.78 is 23.6. The van der Waals surface area contributed by atoms with Crippen LogP contribution in [-0.4, -0.2) is 33.5 Å². The van der Waals surface area contributed by atoms with Gasteiger partial charge in [0.15, 0.2) is 9.84 Å². The fraction of sp³-hybridized carbons (Fsp3) is 0.455. The van der Waals surface area contributed by atoms with E-state index in [-0.39, 0.29) is 5.75 Å². The third kappa shape index (κ3) is 3.81. The number of thioether (sulfide) groups is 1. The van der Waals surface area contributed by atoms with Crippen molar-refractivity contribution in [2.24, 2.45) is 0 Å². The van der Waals surface area contributed by atoms with E-state index in [9.17, 15) is 8.42 Å². The first kappa shape index (κ1) is 13.5. The van der Waals surface area contributed by atoms with Gasteiger partial charge in [-0.05, 0) is 37.1 Å². The minimum absolute atomic E-state index is 0.143. The summed E-state index contributed by atoms with van der Waals surface area (Å²) in [6, 6.07) is 7.09. The number of benzene rings is 1. The maximum Gasteiger partial charge on any atom is 0.179 e. The van der Waals surface area contributed by atoms with Crippen LogP contribution in [0.2, 0.25) is 0 Å². The van der Waals surface area contributed by atoms with Crippen molar-refractivity contribution in [2.75, 3.05) is 25.1 Å². The summed E-state index contributed by atoms with van der Waals surface area (Å²) in [6.45, 7) is 2.55. The molecule has 1 aromatic rings. The molecule has 0 aromatic heterocycles. The molecule has 0 aliphatic heterocycles. The standard InChI is InChI=1S/C11H17NO2S2/c1-3-15-10-4-6-11(7-5-10)16(13,14)9-8-12-2/h4-7,12H,3,8-9H2,1-2H3. The Morgan fingerprint density at radius 3 is 2.38 bits per heavy atom. The van der Waals surface area contributed by atoms with E-state index in [1.165, 1.54) is 0 Å². The lowest BCUT2D eigenvalue weighted by Crippen LogP contribution is -2.19. The van der Waals surface area contributed by atoms with Crippen molar-refractivity contribution < 1.29 is 8.42 Å². The molecule has 1 aromatic carbocycles. The van der Waals surface area contributed by atoms with Gasteiger partial charge in [0.1, 0.15) is 0 Å². The second-order valence-electron chi connectivity index (χ2n) is 3.33. The minimum atomic E-state index is -3.13. The molecule has 1 N–H and O–H groups in total. The molecule has 0 spiro atoms. The Bertz CT molecular complexity index is 412. The largest absolute Gasteiger partial charge is 0.319 e. The molecule has 0 heterocycles. The Labute approximate surface area is 102 Å². The highest BCUT2D eigenvalue weighted by molar-refractivity contribution is 7.99. The normalized spacial score (nSPS) is 11.6. The second kappa shape index (κ2) is 6.27. The van der Waals surface area contributed by atoms with Crippen LogP contribution in [0, 0.1) is 0 Å². The molecule has 0 radical (unpaired) electrons. The lowest BCUT2D eigenvalue weighted by molar-refractivity contribution is 0.593. The van der Waals surface area contributed by atoms with Crippen molar-refractivity contribution >= 4 is 21.6 Å². The zero-order valence-electron chi connectivity index (χ0n) is 9.56. The molecule has 1 rings (SSSR count). The SMILES string of the molecule is CCSc1ccc(S(=O)(=O)CCNC)cc1. The molecule has 0 bridgehead atoms. The lowest BCUT2D eigenvalue weighted by atomic mass is 10.4. The molecule has 16 heavy (non-hydrogen) atoms. The Hall–Kier alpha value is -0.520. The van der Waals surface area contributed by atoms with Crippen LogP contribution < -0.4 is 5.32 Å². The molecular formula is C11H17NO2S2. The molecule has 0 saturated carbocycles. The van der Waals surface area contributed by atoms with Gasteiger partial charge < -0.3 is 5.32 Å². The Balaban J connectivity index is 2.80. The number of nitrogens with one attached hydrogen (secondary N) is 1. The summed E-state index contributed by atoms with van der Waals surface area (Å²) in [5, 5.41) is 2.84.